The summed E-state index contributed by atoms with van der Waals surface area (Å²) < 4.78 is 5.41. The fourth-order valence-corrected chi connectivity index (χ4v) is 2.67. The molecule has 1 amide bonds. The predicted octanol–water partition coefficient (Wildman–Crippen LogP) is 4.55. The number of rotatable bonds is 6. The zero-order valence-electron chi connectivity index (χ0n) is 14.4. The van der Waals surface area contributed by atoms with Crippen LogP contribution in [-0.4, -0.2) is 28.9 Å². The molecule has 0 bridgehead atoms. The monoisotopic (exact) mass is 402 g/mol. The van der Waals surface area contributed by atoms with Gasteiger partial charge in [-0.3, -0.25) is 9.89 Å². The number of carbonyl (C=O) groups excluding carboxylic acids is 1. The fourth-order valence-electron chi connectivity index (χ4n) is 2.32. The first-order valence-corrected chi connectivity index (χ1v) is 8.90. The molecule has 1 heterocycles. The van der Waals surface area contributed by atoms with Crippen LogP contribution in [0.3, 0.4) is 0 Å². The van der Waals surface area contributed by atoms with E-state index in [4.69, 9.17) is 27.9 Å². The van der Waals surface area contributed by atoms with Gasteiger partial charge in [0.05, 0.1) is 28.6 Å². The van der Waals surface area contributed by atoms with Crippen LogP contribution in [0.2, 0.25) is 10.0 Å². The van der Waals surface area contributed by atoms with Crippen molar-refractivity contribution in [2.24, 2.45) is 5.10 Å². The highest BCUT2D eigenvalue weighted by Crippen LogP contribution is 2.24. The van der Waals surface area contributed by atoms with Crippen molar-refractivity contribution in [3.63, 3.8) is 0 Å². The number of aromatic nitrogens is 2. The molecule has 8 heteroatoms. The summed E-state index contributed by atoms with van der Waals surface area (Å²) in [5.41, 5.74) is 4.82. The highest BCUT2D eigenvalue weighted by atomic mass is 35.5. The zero-order valence-corrected chi connectivity index (χ0v) is 15.9. The molecular weight excluding hydrogens is 387 g/mol. The van der Waals surface area contributed by atoms with Crippen LogP contribution in [0.25, 0.3) is 11.3 Å². The quantitative estimate of drug-likeness (QED) is 0.468. The van der Waals surface area contributed by atoms with E-state index >= 15 is 0 Å². The number of hydrazone groups is 1. The molecule has 27 heavy (non-hydrogen) atoms. The Morgan fingerprint density at radius 3 is 2.78 bits per heavy atom. The maximum Gasteiger partial charge on any atom is 0.289 e. The number of halogens is 2. The van der Waals surface area contributed by atoms with Crippen LogP contribution in [0.4, 0.5) is 0 Å². The summed E-state index contributed by atoms with van der Waals surface area (Å²) in [4.78, 5) is 12.2. The molecule has 1 aromatic heterocycles. The van der Waals surface area contributed by atoms with Crippen LogP contribution in [0, 0.1) is 0 Å². The van der Waals surface area contributed by atoms with Crippen molar-refractivity contribution in [2.75, 3.05) is 6.61 Å². The second kappa shape index (κ2) is 8.70. The highest BCUT2D eigenvalue weighted by Gasteiger charge is 2.10. The molecule has 3 rings (SSSR count). The summed E-state index contributed by atoms with van der Waals surface area (Å²) in [6.45, 7) is 2.53. The van der Waals surface area contributed by atoms with Crippen molar-refractivity contribution < 1.29 is 9.53 Å². The Labute approximate surface area is 166 Å². The molecule has 0 aliphatic heterocycles. The second-order valence-electron chi connectivity index (χ2n) is 5.47. The SMILES string of the molecule is CCOc1ccc(-c2cc(C(=O)N/N=C/c3cccc(Cl)c3Cl)[nH]n2)cc1. The number of H-pyrrole nitrogens is 1. The first-order chi connectivity index (χ1) is 13.1. The van der Waals surface area contributed by atoms with Crippen LogP contribution < -0.4 is 10.2 Å². The molecule has 0 unspecified atom stereocenters. The number of hydrogen-bond donors (Lipinski definition) is 2. The second-order valence-corrected chi connectivity index (χ2v) is 6.25. The molecule has 3 aromatic rings. The lowest BCUT2D eigenvalue weighted by Crippen LogP contribution is -2.18. The first kappa shape index (κ1) is 18.9. The number of nitrogens with zero attached hydrogens (tertiary/aromatic N) is 2. The van der Waals surface area contributed by atoms with E-state index in [1.54, 1.807) is 24.3 Å². The van der Waals surface area contributed by atoms with Crippen molar-refractivity contribution in [3.05, 3.63) is 69.8 Å². The van der Waals surface area contributed by atoms with Crippen LogP contribution in [0.15, 0.2) is 53.6 Å². The average Bonchev–Trinajstić information content (AvgIpc) is 3.16. The molecule has 0 spiro atoms. The molecule has 2 aromatic carbocycles. The molecule has 0 aliphatic carbocycles. The van der Waals surface area contributed by atoms with E-state index in [1.165, 1.54) is 6.21 Å². The third-order valence-corrected chi connectivity index (χ3v) is 4.47. The van der Waals surface area contributed by atoms with Gasteiger partial charge in [0.1, 0.15) is 11.4 Å². The molecule has 0 atom stereocenters. The van der Waals surface area contributed by atoms with E-state index in [1.807, 2.05) is 31.2 Å². The molecule has 0 saturated carbocycles. The zero-order chi connectivity index (χ0) is 19.2. The van der Waals surface area contributed by atoms with Gasteiger partial charge in [0, 0.05) is 11.1 Å². The molecule has 6 nitrogen and oxygen atoms in total. The average molecular weight is 403 g/mol. The molecular formula is C19H16Cl2N4O2. The van der Waals surface area contributed by atoms with Crippen LogP contribution in [0.5, 0.6) is 5.75 Å². The molecule has 0 radical (unpaired) electrons. The lowest BCUT2D eigenvalue weighted by Gasteiger charge is -2.02. The number of amides is 1. The third-order valence-electron chi connectivity index (χ3n) is 3.63. The van der Waals surface area contributed by atoms with Gasteiger partial charge >= 0.3 is 0 Å². The predicted molar refractivity (Wildman–Crippen MR) is 107 cm³/mol. The van der Waals surface area contributed by atoms with E-state index in [2.05, 4.69) is 20.7 Å². The van der Waals surface area contributed by atoms with E-state index in [-0.39, 0.29) is 5.69 Å². The summed E-state index contributed by atoms with van der Waals surface area (Å²) in [6.07, 6.45) is 1.43. The Balaban J connectivity index is 1.66. The summed E-state index contributed by atoms with van der Waals surface area (Å²) in [5, 5.41) is 11.5. The number of aromatic amines is 1. The number of benzene rings is 2. The molecule has 0 aliphatic rings. The topological polar surface area (TPSA) is 79.4 Å². The van der Waals surface area contributed by atoms with Gasteiger partial charge in [-0.2, -0.15) is 10.2 Å². The van der Waals surface area contributed by atoms with Crippen molar-refractivity contribution >= 4 is 35.3 Å². The number of ether oxygens (including phenoxy) is 1. The minimum atomic E-state index is -0.422. The number of carbonyl (C=O) groups is 1. The van der Waals surface area contributed by atoms with E-state index in [9.17, 15) is 4.79 Å². The van der Waals surface area contributed by atoms with Gasteiger partial charge in [-0.05, 0) is 43.3 Å². The smallest absolute Gasteiger partial charge is 0.289 e. The Bertz CT molecular complexity index is 968. The number of nitrogens with one attached hydrogen (secondary N) is 2. The Morgan fingerprint density at radius 1 is 1.26 bits per heavy atom. The van der Waals surface area contributed by atoms with Crippen molar-refractivity contribution in [1.29, 1.82) is 0 Å². The van der Waals surface area contributed by atoms with Gasteiger partial charge < -0.3 is 4.74 Å². The Kier molecular flexibility index (Phi) is 6.11. The summed E-state index contributed by atoms with van der Waals surface area (Å²) >= 11 is 12.0. The Morgan fingerprint density at radius 2 is 2.04 bits per heavy atom. The van der Waals surface area contributed by atoms with Crippen molar-refractivity contribution in [1.82, 2.24) is 15.6 Å². The summed E-state index contributed by atoms with van der Waals surface area (Å²) in [5.74, 6) is 0.359. The minimum Gasteiger partial charge on any atom is -0.494 e. The molecule has 2 N–H and O–H groups in total. The maximum absolute atomic E-state index is 12.2. The van der Waals surface area contributed by atoms with Gasteiger partial charge in [-0.25, -0.2) is 5.43 Å². The lowest BCUT2D eigenvalue weighted by molar-refractivity contribution is 0.0950. The highest BCUT2D eigenvalue weighted by molar-refractivity contribution is 6.43. The van der Waals surface area contributed by atoms with Gasteiger partial charge in [-0.15, -0.1) is 0 Å². The standard InChI is InChI=1S/C19H16Cl2N4O2/c1-2-27-14-8-6-12(7-9-14)16-10-17(24-23-16)19(26)25-22-11-13-4-3-5-15(20)18(13)21/h3-11H,2H2,1H3,(H,23,24)(H,25,26)/b22-11+. The third kappa shape index (κ3) is 4.67. The van der Waals surface area contributed by atoms with Crippen LogP contribution in [-0.2, 0) is 0 Å². The van der Waals surface area contributed by atoms with Crippen molar-refractivity contribution in [3.8, 4) is 17.0 Å². The largest absolute Gasteiger partial charge is 0.494 e. The van der Waals surface area contributed by atoms with Gasteiger partial charge in [-0.1, -0.05) is 35.3 Å². The normalized spacial score (nSPS) is 10.9. The molecule has 138 valence electrons. The number of hydrogen-bond acceptors (Lipinski definition) is 4. The fraction of sp³-hybridized carbons (Fsp3) is 0.105. The molecule has 0 saturated heterocycles. The van der Waals surface area contributed by atoms with Crippen LogP contribution >= 0.6 is 23.2 Å². The minimum absolute atomic E-state index is 0.285. The van der Waals surface area contributed by atoms with E-state index in [0.717, 1.165) is 11.3 Å². The molecule has 0 fully saturated rings. The van der Waals surface area contributed by atoms with Gasteiger partial charge in [0.15, 0.2) is 0 Å². The Hall–Kier alpha value is -2.83. The van der Waals surface area contributed by atoms with E-state index in [0.29, 0.717) is 27.9 Å². The van der Waals surface area contributed by atoms with E-state index < -0.39 is 5.91 Å². The van der Waals surface area contributed by atoms with Crippen molar-refractivity contribution in [2.45, 2.75) is 6.92 Å². The van der Waals surface area contributed by atoms with Gasteiger partial charge in [0.2, 0.25) is 0 Å². The maximum atomic E-state index is 12.2. The van der Waals surface area contributed by atoms with Gasteiger partial charge in [0.25, 0.3) is 5.91 Å². The van der Waals surface area contributed by atoms with Crippen LogP contribution in [0.1, 0.15) is 23.0 Å². The first-order valence-electron chi connectivity index (χ1n) is 8.14. The lowest BCUT2D eigenvalue weighted by atomic mass is 10.1. The summed E-state index contributed by atoms with van der Waals surface area (Å²) in [7, 11) is 0. The summed E-state index contributed by atoms with van der Waals surface area (Å²) in [6, 6.07) is 14.3.